The number of amides is 1. The lowest BCUT2D eigenvalue weighted by atomic mass is 9.99. The summed E-state index contributed by atoms with van der Waals surface area (Å²) in [7, 11) is 0. The van der Waals surface area contributed by atoms with Crippen LogP contribution in [0.2, 0.25) is 0 Å². The predicted octanol–water partition coefficient (Wildman–Crippen LogP) is 2.94. The van der Waals surface area contributed by atoms with E-state index < -0.39 is 6.10 Å². The molecule has 2 atom stereocenters. The van der Waals surface area contributed by atoms with Crippen LogP contribution in [0, 0.1) is 13.8 Å². The average molecular weight is 418 g/mol. The molecule has 0 aliphatic carbocycles. The summed E-state index contributed by atoms with van der Waals surface area (Å²) in [6.07, 6.45) is 3.64. The molecule has 1 fully saturated rings. The van der Waals surface area contributed by atoms with E-state index in [1.165, 1.54) is 0 Å². The molecule has 0 saturated carbocycles. The molecule has 3 aromatic heterocycles. The van der Waals surface area contributed by atoms with Gasteiger partial charge in [-0.25, -0.2) is 4.52 Å². The van der Waals surface area contributed by atoms with E-state index in [-0.39, 0.29) is 11.9 Å². The number of carbonyl (C=O) groups excluding carboxylic acids is 2. The number of aliphatic hydroxyl groups is 1. The molecule has 8 nitrogen and oxygen atoms in total. The van der Waals surface area contributed by atoms with E-state index in [0.717, 1.165) is 28.6 Å². The summed E-state index contributed by atoms with van der Waals surface area (Å²) in [4.78, 5) is 25.9. The Labute approximate surface area is 178 Å². The fourth-order valence-corrected chi connectivity index (χ4v) is 4.22. The zero-order valence-corrected chi connectivity index (χ0v) is 17.4. The number of likely N-dealkylation sites (tertiary alicyclic amines) is 1. The Kier molecular flexibility index (Phi) is 4.33. The number of nitrogens with zero attached hydrogens (tertiary/aromatic N) is 4. The van der Waals surface area contributed by atoms with Gasteiger partial charge in [0, 0.05) is 29.9 Å². The second-order valence-electron chi connectivity index (χ2n) is 8.01. The SMILES string of the molecule is Cc1c(C(=O)N2CC(O)C2C)cn2nccc(Oc3ccc4c(c3)cc(C)n4C=O)c12. The predicted molar refractivity (Wildman–Crippen MR) is 115 cm³/mol. The highest BCUT2D eigenvalue weighted by Crippen LogP contribution is 2.33. The topological polar surface area (TPSA) is 89.1 Å². The normalized spacial score (nSPS) is 18.4. The molecule has 2 unspecified atom stereocenters. The maximum atomic E-state index is 13.0. The Morgan fingerprint density at radius 2 is 2.06 bits per heavy atom. The van der Waals surface area contributed by atoms with Crippen LogP contribution in [0.15, 0.2) is 42.7 Å². The highest BCUT2D eigenvalue weighted by Gasteiger charge is 2.38. The maximum Gasteiger partial charge on any atom is 0.256 e. The monoisotopic (exact) mass is 418 g/mol. The first-order chi connectivity index (χ1) is 14.9. The van der Waals surface area contributed by atoms with E-state index in [1.54, 1.807) is 32.4 Å². The van der Waals surface area contributed by atoms with Gasteiger partial charge in [0.15, 0.2) is 5.75 Å². The van der Waals surface area contributed by atoms with Gasteiger partial charge in [0.1, 0.15) is 11.3 Å². The van der Waals surface area contributed by atoms with Crippen LogP contribution in [0.4, 0.5) is 0 Å². The van der Waals surface area contributed by atoms with E-state index in [1.807, 2.05) is 45.0 Å². The molecule has 4 heterocycles. The third-order valence-electron chi connectivity index (χ3n) is 6.15. The standard InChI is InChI=1S/C23H22N4O4/c1-13-8-16-9-17(4-5-19(16)26(13)12-28)31-21-6-7-24-27-10-18(14(2)22(21)27)23(30)25-11-20(29)15(25)3/h4-10,12,15,20,29H,11H2,1-3H3. The molecule has 31 heavy (non-hydrogen) atoms. The lowest BCUT2D eigenvalue weighted by molar-refractivity contribution is -0.0357. The highest BCUT2D eigenvalue weighted by molar-refractivity contribution is 5.99. The number of ether oxygens (including phenoxy) is 1. The molecule has 1 amide bonds. The van der Waals surface area contributed by atoms with Gasteiger partial charge in [-0.1, -0.05) is 0 Å². The van der Waals surface area contributed by atoms with Crippen molar-refractivity contribution in [2.45, 2.75) is 32.9 Å². The first-order valence-corrected chi connectivity index (χ1v) is 10.1. The van der Waals surface area contributed by atoms with E-state index in [9.17, 15) is 14.7 Å². The van der Waals surface area contributed by atoms with Crippen molar-refractivity contribution < 1.29 is 19.4 Å². The number of aromatic nitrogens is 3. The van der Waals surface area contributed by atoms with Crippen LogP contribution in [0.5, 0.6) is 11.5 Å². The first kappa shape index (κ1) is 19.3. The lowest BCUT2D eigenvalue weighted by Gasteiger charge is -2.43. The number of fused-ring (bicyclic) bond motifs is 2. The summed E-state index contributed by atoms with van der Waals surface area (Å²) in [5.41, 5.74) is 3.69. The number of rotatable bonds is 4. The molecule has 1 aliphatic heterocycles. The summed E-state index contributed by atoms with van der Waals surface area (Å²) < 4.78 is 9.41. The Balaban J connectivity index is 1.52. The number of aliphatic hydroxyl groups excluding tert-OH is 1. The van der Waals surface area contributed by atoms with Crippen molar-refractivity contribution in [3.05, 3.63) is 59.5 Å². The zero-order chi connectivity index (χ0) is 21.9. The lowest BCUT2D eigenvalue weighted by Crippen LogP contribution is -2.60. The van der Waals surface area contributed by atoms with E-state index in [4.69, 9.17) is 4.74 Å². The van der Waals surface area contributed by atoms with Crippen molar-refractivity contribution in [1.29, 1.82) is 0 Å². The van der Waals surface area contributed by atoms with Crippen molar-refractivity contribution in [2.24, 2.45) is 0 Å². The van der Waals surface area contributed by atoms with Crippen LogP contribution in [0.3, 0.4) is 0 Å². The number of carbonyl (C=O) groups is 2. The van der Waals surface area contributed by atoms with Crippen molar-refractivity contribution in [2.75, 3.05) is 6.54 Å². The molecule has 1 N–H and O–H groups in total. The fraction of sp³-hybridized carbons (Fsp3) is 0.261. The van der Waals surface area contributed by atoms with Gasteiger partial charge in [0.05, 0.1) is 29.4 Å². The number of hydrogen-bond acceptors (Lipinski definition) is 5. The molecule has 8 heteroatoms. The van der Waals surface area contributed by atoms with E-state index >= 15 is 0 Å². The molecule has 0 spiro atoms. The Bertz CT molecular complexity index is 1350. The molecule has 158 valence electrons. The van der Waals surface area contributed by atoms with E-state index in [2.05, 4.69) is 5.10 Å². The molecule has 0 bridgehead atoms. The summed E-state index contributed by atoms with van der Waals surface area (Å²) in [5.74, 6) is 1.07. The van der Waals surface area contributed by atoms with E-state index in [0.29, 0.717) is 29.1 Å². The smallest absolute Gasteiger partial charge is 0.256 e. The van der Waals surface area contributed by atoms with Gasteiger partial charge in [-0.2, -0.15) is 5.10 Å². The van der Waals surface area contributed by atoms with Gasteiger partial charge >= 0.3 is 0 Å². The Morgan fingerprint density at radius 3 is 2.77 bits per heavy atom. The maximum absolute atomic E-state index is 13.0. The van der Waals surface area contributed by atoms with Crippen LogP contribution >= 0.6 is 0 Å². The molecule has 0 radical (unpaired) electrons. The largest absolute Gasteiger partial charge is 0.455 e. The van der Waals surface area contributed by atoms with Crippen LogP contribution in [0.25, 0.3) is 16.4 Å². The summed E-state index contributed by atoms with van der Waals surface area (Å²) >= 11 is 0. The minimum atomic E-state index is -0.481. The first-order valence-electron chi connectivity index (χ1n) is 10.1. The van der Waals surface area contributed by atoms with Gasteiger partial charge in [0.25, 0.3) is 5.91 Å². The second-order valence-corrected chi connectivity index (χ2v) is 8.01. The van der Waals surface area contributed by atoms with Gasteiger partial charge in [-0.3, -0.25) is 14.2 Å². The van der Waals surface area contributed by atoms with Gasteiger partial charge in [-0.15, -0.1) is 0 Å². The molecule has 4 aromatic rings. The summed E-state index contributed by atoms with van der Waals surface area (Å²) in [6, 6.07) is 9.03. The van der Waals surface area contributed by atoms with Crippen molar-refractivity contribution in [3.63, 3.8) is 0 Å². The number of aryl methyl sites for hydroxylation is 2. The molecule has 5 rings (SSSR count). The van der Waals surface area contributed by atoms with Crippen LogP contribution in [-0.2, 0) is 4.79 Å². The van der Waals surface area contributed by atoms with Gasteiger partial charge < -0.3 is 14.7 Å². The van der Waals surface area contributed by atoms with Crippen molar-refractivity contribution >= 4 is 28.7 Å². The average Bonchev–Trinajstić information content (AvgIpc) is 3.27. The molecular formula is C23H22N4O4. The van der Waals surface area contributed by atoms with Crippen LogP contribution < -0.4 is 4.74 Å². The number of benzene rings is 1. The number of hydrogen-bond donors (Lipinski definition) is 1. The number of β-amino-alcohol motifs (C(OH)–C–C–N with tert-alkyl or cyclic N) is 1. The van der Waals surface area contributed by atoms with Crippen molar-refractivity contribution in [3.8, 4) is 11.5 Å². The van der Waals surface area contributed by atoms with Crippen molar-refractivity contribution in [1.82, 2.24) is 19.1 Å². The third kappa shape index (κ3) is 2.90. The Hall–Kier alpha value is -3.65. The molecule has 1 saturated heterocycles. The van der Waals surface area contributed by atoms with Gasteiger partial charge in [-0.05, 0) is 50.6 Å². The van der Waals surface area contributed by atoms with Crippen LogP contribution in [-0.4, -0.2) is 55.2 Å². The van der Waals surface area contributed by atoms with Gasteiger partial charge in [0.2, 0.25) is 6.41 Å². The zero-order valence-electron chi connectivity index (χ0n) is 17.4. The Morgan fingerprint density at radius 1 is 1.26 bits per heavy atom. The third-order valence-corrected chi connectivity index (χ3v) is 6.15. The molecule has 1 aliphatic rings. The fourth-order valence-electron chi connectivity index (χ4n) is 4.22. The van der Waals surface area contributed by atoms with Crippen LogP contribution in [0.1, 0.15) is 28.5 Å². The second kappa shape index (κ2) is 6.95. The summed E-state index contributed by atoms with van der Waals surface area (Å²) in [5, 5.41) is 15.0. The molecular weight excluding hydrogens is 396 g/mol. The molecule has 1 aromatic carbocycles. The minimum absolute atomic E-state index is 0.126. The minimum Gasteiger partial charge on any atom is -0.455 e. The highest BCUT2D eigenvalue weighted by atomic mass is 16.5. The quantitative estimate of drug-likeness (QED) is 0.515. The summed E-state index contributed by atoms with van der Waals surface area (Å²) in [6.45, 7) is 5.92.